The monoisotopic (exact) mass is 249 g/mol. The van der Waals surface area contributed by atoms with Crippen LogP contribution in [-0.4, -0.2) is 10.9 Å². The summed E-state index contributed by atoms with van der Waals surface area (Å²) >= 11 is 17.6. The molecule has 0 spiro atoms. The number of hydrogen-bond acceptors (Lipinski definition) is 3. The van der Waals surface area contributed by atoms with E-state index in [1.807, 2.05) is 0 Å². The highest BCUT2D eigenvalue weighted by atomic mass is 35.5. The number of nitrogens with zero attached hydrogens (tertiary/aromatic N) is 3. The van der Waals surface area contributed by atoms with E-state index in [2.05, 4.69) is 15.2 Å². The first-order valence-corrected chi connectivity index (χ1v) is 5.14. The highest BCUT2D eigenvalue weighted by Gasteiger charge is 2.14. The Bertz CT molecular complexity index is 416. The Morgan fingerprint density at radius 2 is 2.08 bits per heavy atom. The second kappa shape index (κ2) is 3.42. The van der Waals surface area contributed by atoms with Crippen molar-refractivity contribution in [1.29, 1.82) is 0 Å². The Hall–Kier alpha value is -0.360. The Kier molecular flexibility index (Phi) is 2.42. The molecule has 1 aliphatic heterocycles. The van der Waals surface area contributed by atoms with Gasteiger partial charge in [-0.05, 0) is 18.3 Å². The Morgan fingerprint density at radius 3 is 2.54 bits per heavy atom. The van der Waals surface area contributed by atoms with Crippen LogP contribution in [0.4, 0.5) is 0 Å². The van der Waals surface area contributed by atoms with E-state index >= 15 is 0 Å². The molecule has 66 valence electrons. The fourth-order valence-electron chi connectivity index (χ4n) is 0.787. The lowest BCUT2D eigenvalue weighted by molar-refractivity contribution is 1.41. The van der Waals surface area contributed by atoms with Crippen molar-refractivity contribution >= 4 is 57.7 Å². The van der Waals surface area contributed by atoms with Crippen molar-refractivity contribution in [2.75, 3.05) is 0 Å². The Balaban J connectivity index is 2.42. The molecule has 0 aromatic carbocycles. The molecular weight excluding hydrogens is 249 g/mol. The number of rotatable bonds is 1. The first-order valence-electron chi connectivity index (χ1n) is 3.16. The highest BCUT2D eigenvalue weighted by molar-refractivity contribution is 7.80. The van der Waals surface area contributed by atoms with Crippen LogP contribution in [0.15, 0.2) is 21.3 Å². The zero-order valence-electron chi connectivity index (χ0n) is 5.99. The Labute approximate surface area is 93.1 Å². The fraction of sp³-hybridized carbons (Fsp3) is 0. The number of thiocarbonyl (C=S) groups is 1. The molecule has 0 atom stereocenters. The molecule has 0 bridgehead atoms. The van der Waals surface area contributed by atoms with Gasteiger partial charge in [0, 0.05) is 0 Å². The SMILES string of the molecule is S=C1N=NC(c2cc(Cl)c(Cl)s2)=N1. The van der Waals surface area contributed by atoms with Crippen molar-refractivity contribution < 1.29 is 0 Å². The van der Waals surface area contributed by atoms with Gasteiger partial charge in [-0.3, -0.25) is 0 Å². The van der Waals surface area contributed by atoms with Crippen LogP contribution in [0.1, 0.15) is 4.88 Å². The zero-order chi connectivity index (χ0) is 9.42. The number of thiophene rings is 1. The largest absolute Gasteiger partial charge is 0.242 e. The summed E-state index contributed by atoms with van der Waals surface area (Å²) in [5.41, 5.74) is 0. The molecule has 1 aromatic rings. The van der Waals surface area contributed by atoms with Crippen LogP contribution in [0, 0.1) is 0 Å². The number of hydrogen-bond donors (Lipinski definition) is 0. The van der Waals surface area contributed by atoms with E-state index in [-0.39, 0.29) is 5.11 Å². The third kappa shape index (κ3) is 1.78. The smallest absolute Gasteiger partial charge is 0.194 e. The van der Waals surface area contributed by atoms with Gasteiger partial charge in [-0.1, -0.05) is 23.2 Å². The molecule has 0 unspecified atom stereocenters. The van der Waals surface area contributed by atoms with E-state index in [4.69, 9.17) is 35.4 Å². The minimum Gasteiger partial charge on any atom is -0.194 e. The molecule has 0 amide bonds. The van der Waals surface area contributed by atoms with Gasteiger partial charge < -0.3 is 0 Å². The predicted molar refractivity (Wildman–Crippen MR) is 58.3 cm³/mol. The summed E-state index contributed by atoms with van der Waals surface area (Å²) < 4.78 is 0.521. The molecule has 2 heterocycles. The van der Waals surface area contributed by atoms with Gasteiger partial charge in [0.25, 0.3) is 0 Å². The van der Waals surface area contributed by atoms with E-state index in [0.717, 1.165) is 4.88 Å². The average Bonchev–Trinajstić information content (AvgIpc) is 2.61. The molecule has 1 aromatic heterocycles. The van der Waals surface area contributed by atoms with E-state index in [9.17, 15) is 0 Å². The molecule has 7 heteroatoms. The normalized spacial score (nSPS) is 15.2. The summed E-state index contributed by atoms with van der Waals surface area (Å²) in [7, 11) is 0. The molecule has 2 rings (SSSR count). The van der Waals surface area contributed by atoms with E-state index < -0.39 is 0 Å². The van der Waals surface area contributed by atoms with Crippen LogP contribution < -0.4 is 0 Å². The number of aliphatic imine (C=N–C) groups is 1. The predicted octanol–water partition coefficient (Wildman–Crippen LogP) is 3.55. The van der Waals surface area contributed by atoms with Gasteiger partial charge in [-0.15, -0.1) is 21.6 Å². The van der Waals surface area contributed by atoms with Gasteiger partial charge in [0.2, 0.25) is 5.11 Å². The lowest BCUT2D eigenvalue weighted by atomic mass is 10.4. The van der Waals surface area contributed by atoms with E-state index in [1.54, 1.807) is 6.07 Å². The lowest BCUT2D eigenvalue weighted by Gasteiger charge is -1.84. The van der Waals surface area contributed by atoms with E-state index in [1.165, 1.54) is 11.3 Å². The zero-order valence-corrected chi connectivity index (χ0v) is 9.14. The summed E-state index contributed by atoms with van der Waals surface area (Å²) in [6.45, 7) is 0. The van der Waals surface area contributed by atoms with Crippen LogP contribution in [-0.2, 0) is 0 Å². The number of halogens is 2. The summed E-state index contributed by atoms with van der Waals surface area (Å²) in [6.07, 6.45) is 0. The van der Waals surface area contributed by atoms with Gasteiger partial charge in [-0.2, -0.15) is 4.99 Å². The summed E-state index contributed by atoms with van der Waals surface area (Å²) in [4.78, 5) is 4.70. The van der Waals surface area contributed by atoms with Crippen molar-refractivity contribution in [3.63, 3.8) is 0 Å². The highest BCUT2D eigenvalue weighted by Crippen LogP contribution is 2.32. The van der Waals surface area contributed by atoms with Crippen LogP contribution in [0.5, 0.6) is 0 Å². The molecule has 0 aliphatic carbocycles. The molecule has 13 heavy (non-hydrogen) atoms. The van der Waals surface area contributed by atoms with Crippen LogP contribution in [0.3, 0.4) is 0 Å². The van der Waals surface area contributed by atoms with Gasteiger partial charge in [-0.25, -0.2) is 0 Å². The van der Waals surface area contributed by atoms with Gasteiger partial charge in [0.15, 0.2) is 5.84 Å². The quantitative estimate of drug-likeness (QED) is 0.702. The molecule has 0 radical (unpaired) electrons. The molecule has 1 aliphatic rings. The second-order valence-electron chi connectivity index (χ2n) is 2.15. The minimum absolute atomic E-state index is 0.232. The molecule has 0 saturated carbocycles. The summed E-state index contributed by atoms with van der Waals surface area (Å²) in [6, 6.07) is 1.69. The van der Waals surface area contributed by atoms with Crippen LogP contribution in [0.25, 0.3) is 0 Å². The number of azo groups is 1. The standard InChI is InChI=1S/C6HCl2N3S2/c7-2-1-3(13-4(2)8)5-9-6(12)11-10-5/h1H. The average molecular weight is 250 g/mol. The van der Waals surface area contributed by atoms with Gasteiger partial charge in [0.05, 0.1) is 9.90 Å². The first-order chi connectivity index (χ1) is 6.16. The molecule has 0 fully saturated rings. The first kappa shape index (κ1) is 9.21. The van der Waals surface area contributed by atoms with Crippen molar-refractivity contribution in [3.8, 4) is 0 Å². The molecule has 0 saturated heterocycles. The Morgan fingerprint density at radius 1 is 1.31 bits per heavy atom. The van der Waals surface area contributed by atoms with Crippen LogP contribution in [0.2, 0.25) is 9.36 Å². The van der Waals surface area contributed by atoms with Crippen molar-refractivity contribution in [1.82, 2.24) is 0 Å². The molecular formula is C6HCl2N3S2. The third-order valence-electron chi connectivity index (χ3n) is 1.30. The summed E-state index contributed by atoms with van der Waals surface area (Å²) in [5.74, 6) is 0.476. The van der Waals surface area contributed by atoms with Gasteiger partial charge >= 0.3 is 0 Å². The summed E-state index contributed by atoms with van der Waals surface area (Å²) in [5, 5.41) is 8.10. The topological polar surface area (TPSA) is 37.1 Å². The van der Waals surface area contributed by atoms with Crippen LogP contribution >= 0.6 is 46.8 Å². The molecule has 3 nitrogen and oxygen atoms in total. The van der Waals surface area contributed by atoms with E-state index in [0.29, 0.717) is 15.2 Å². The maximum Gasteiger partial charge on any atom is 0.242 e. The lowest BCUT2D eigenvalue weighted by Crippen LogP contribution is -1.88. The molecule has 0 N–H and O–H groups in total. The van der Waals surface area contributed by atoms with Gasteiger partial charge in [0.1, 0.15) is 4.34 Å². The minimum atomic E-state index is 0.232. The maximum absolute atomic E-state index is 5.77. The van der Waals surface area contributed by atoms with Crippen molar-refractivity contribution in [2.45, 2.75) is 0 Å². The maximum atomic E-state index is 5.77. The third-order valence-corrected chi connectivity index (χ3v) is 3.33. The van der Waals surface area contributed by atoms with Crippen molar-refractivity contribution in [2.24, 2.45) is 15.2 Å². The fourth-order valence-corrected chi connectivity index (χ4v) is 2.21. The number of amidine groups is 1. The van der Waals surface area contributed by atoms with Crippen molar-refractivity contribution in [3.05, 3.63) is 20.3 Å². The second-order valence-corrected chi connectivity index (χ2v) is 4.58.